The molecule has 1 aliphatic heterocycles. The molecule has 1 aliphatic rings. The summed E-state index contributed by atoms with van der Waals surface area (Å²) in [7, 11) is 0. The van der Waals surface area contributed by atoms with Crippen molar-refractivity contribution in [1.82, 2.24) is 9.88 Å². The molecule has 1 saturated heterocycles. The lowest BCUT2D eigenvalue weighted by Gasteiger charge is -2.28. The minimum Gasteiger partial charge on any atom is -0.367 e. The Hall–Kier alpha value is -1.62. The molecular weight excluding hydrogens is 230 g/mol. The highest BCUT2D eigenvalue weighted by Gasteiger charge is 2.26. The van der Waals surface area contributed by atoms with E-state index in [2.05, 4.69) is 4.98 Å². The number of aromatic nitrogens is 1. The maximum Gasteiger partial charge on any atom is 0.259 e. The highest BCUT2D eigenvalue weighted by molar-refractivity contribution is 5.94. The van der Waals surface area contributed by atoms with Crippen LogP contribution in [-0.4, -0.2) is 34.9 Å². The van der Waals surface area contributed by atoms with E-state index in [0.717, 1.165) is 25.7 Å². The van der Waals surface area contributed by atoms with Gasteiger partial charge >= 0.3 is 0 Å². The molecule has 5 heteroatoms. The minimum absolute atomic E-state index is 0.0552. The lowest BCUT2D eigenvalue weighted by atomic mass is 10.1. The fraction of sp³-hybridized carbons (Fsp3) is 0.538. The number of hydrogen-bond donors (Lipinski definition) is 2. The summed E-state index contributed by atoms with van der Waals surface area (Å²) in [5.41, 5.74) is 5.71. The molecule has 0 aromatic carbocycles. The summed E-state index contributed by atoms with van der Waals surface area (Å²) in [6.45, 7) is 1.14. The van der Waals surface area contributed by atoms with Gasteiger partial charge in [0.2, 0.25) is 0 Å². The summed E-state index contributed by atoms with van der Waals surface area (Å²) in [5, 5.41) is 0. The zero-order valence-corrected chi connectivity index (χ0v) is 10.4. The number of nitrogens with one attached hydrogen (secondary N) is 1. The van der Waals surface area contributed by atoms with Gasteiger partial charge in [0.25, 0.3) is 5.91 Å². The van der Waals surface area contributed by atoms with E-state index in [9.17, 15) is 9.59 Å². The molecule has 0 bridgehead atoms. The number of carbonyl (C=O) groups excluding carboxylic acids is 1. The zero-order chi connectivity index (χ0) is 13.0. The lowest BCUT2D eigenvalue weighted by Crippen LogP contribution is -2.45. The van der Waals surface area contributed by atoms with Crippen LogP contribution in [0.15, 0.2) is 23.3 Å². The number of rotatable bonds is 2. The normalized spacial score (nSPS) is 20.5. The van der Waals surface area contributed by atoms with Gasteiger partial charge in [-0.3, -0.25) is 9.59 Å². The number of hydrogen-bond acceptors (Lipinski definition) is 3. The highest BCUT2D eigenvalue weighted by Crippen LogP contribution is 2.17. The van der Waals surface area contributed by atoms with Crippen LogP contribution in [0.2, 0.25) is 0 Å². The summed E-state index contributed by atoms with van der Waals surface area (Å²) < 4.78 is 0. The van der Waals surface area contributed by atoms with Crippen LogP contribution in [0.25, 0.3) is 0 Å². The quantitative estimate of drug-likeness (QED) is 0.810. The van der Waals surface area contributed by atoms with E-state index in [-0.39, 0.29) is 22.9 Å². The third-order valence-corrected chi connectivity index (χ3v) is 3.46. The van der Waals surface area contributed by atoms with Crippen LogP contribution in [0, 0.1) is 0 Å². The molecule has 1 aromatic heterocycles. The molecule has 0 radical (unpaired) electrons. The molecule has 1 atom stereocenters. The standard InChI is InChI=1S/C13H19N3O2/c14-8-10-4-2-1-3-7-16(10)13(18)11-9-15-6-5-12(11)17/h5-6,9-10H,1-4,7-8,14H2,(H,15,17). The molecule has 1 amide bonds. The predicted octanol–water partition coefficient (Wildman–Crippen LogP) is 0.718. The summed E-state index contributed by atoms with van der Waals surface area (Å²) in [6.07, 6.45) is 7.12. The first-order valence-electron chi connectivity index (χ1n) is 6.42. The summed E-state index contributed by atoms with van der Waals surface area (Å²) in [6, 6.07) is 1.43. The highest BCUT2D eigenvalue weighted by atomic mass is 16.2. The lowest BCUT2D eigenvalue weighted by molar-refractivity contribution is 0.0687. The molecular formula is C13H19N3O2. The Balaban J connectivity index is 2.26. The van der Waals surface area contributed by atoms with E-state index in [0.29, 0.717) is 13.1 Å². The van der Waals surface area contributed by atoms with Gasteiger partial charge in [0.15, 0.2) is 5.43 Å². The Labute approximate surface area is 106 Å². The molecule has 3 N–H and O–H groups in total. The number of aromatic amines is 1. The van der Waals surface area contributed by atoms with Crippen LogP contribution in [0.5, 0.6) is 0 Å². The summed E-state index contributed by atoms with van der Waals surface area (Å²) in [5.74, 6) is -0.200. The van der Waals surface area contributed by atoms with Crippen LogP contribution < -0.4 is 11.2 Å². The second-order valence-corrected chi connectivity index (χ2v) is 4.66. The van der Waals surface area contributed by atoms with Gasteiger partial charge < -0.3 is 15.6 Å². The Morgan fingerprint density at radius 1 is 1.44 bits per heavy atom. The maximum absolute atomic E-state index is 12.4. The molecule has 98 valence electrons. The number of H-pyrrole nitrogens is 1. The van der Waals surface area contributed by atoms with Gasteiger partial charge in [-0.1, -0.05) is 12.8 Å². The van der Waals surface area contributed by atoms with Gasteiger partial charge in [0.05, 0.1) is 0 Å². The molecule has 2 rings (SSSR count). The van der Waals surface area contributed by atoms with Gasteiger partial charge in [0.1, 0.15) is 5.56 Å². The Kier molecular flexibility index (Phi) is 4.15. The summed E-state index contributed by atoms with van der Waals surface area (Å²) in [4.78, 5) is 28.6. The monoisotopic (exact) mass is 249 g/mol. The van der Waals surface area contributed by atoms with Crippen molar-refractivity contribution in [2.45, 2.75) is 31.7 Å². The molecule has 5 nitrogen and oxygen atoms in total. The third kappa shape index (κ3) is 2.61. The number of likely N-dealkylation sites (tertiary alicyclic amines) is 1. The van der Waals surface area contributed by atoms with Gasteiger partial charge in [0, 0.05) is 37.6 Å². The fourth-order valence-electron chi connectivity index (χ4n) is 2.43. The van der Waals surface area contributed by atoms with E-state index >= 15 is 0 Å². The van der Waals surface area contributed by atoms with Crippen LogP contribution in [0.3, 0.4) is 0 Å². The van der Waals surface area contributed by atoms with E-state index in [1.54, 1.807) is 4.90 Å². The van der Waals surface area contributed by atoms with Gasteiger partial charge in [-0.15, -0.1) is 0 Å². The number of nitrogens with two attached hydrogens (primary N) is 1. The van der Waals surface area contributed by atoms with Crippen molar-refractivity contribution < 1.29 is 4.79 Å². The smallest absolute Gasteiger partial charge is 0.259 e. The Bertz CT molecular complexity index is 469. The van der Waals surface area contributed by atoms with E-state index < -0.39 is 0 Å². The van der Waals surface area contributed by atoms with Crippen molar-refractivity contribution in [3.8, 4) is 0 Å². The second-order valence-electron chi connectivity index (χ2n) is 4.66. The predicted molar refractivity (Wildman–Crippen MR) is 69.4 cm³/mol. The zero-order valence-electron chi connectivity index (χ0n) is 10.4. The number of carbonyl (C=O) groups is 1. The van der Waals surface area contributed by atoms with Gasteiger partial charge in [-0.05, 0) is 12.8 Å². The molecule has 0 aliphatic carbocycles. The Morgan fingerprint density at radius 2 is 2.28 bits per heavy atom. The molecule has 18 heavy (non-hydrogen) atoms. The fourth-order valence-corrected chi connectivity index (χ4v) is 2.43. The number of nitrogens with zero attached hydrogens (tertiary/aromatic N) is 1. The molecule has 2 heterocycles. The van der Waals surface area contributed by atoms with Crippen LogP contribution in [-0.2, 0) is 0 Å². The molecule has 1 aromatic rings. The van der Waals surface area contributed by atoms with E-state index in [1.807, 2.05) is 0 Å². The number of pyridine rings is 1. The Morgan fingerprint density at radius 3 is 3.00 bits per heavy atom. The first-order chi connectivity index (χ1) is 8.74. The SMILES string of the molecule is NCC1CCCCCN1C(=O)c1c[nH]ccc1=O. The van der Waals surface area contributed by atoms with Gasteiger partial charge in [-0.25, -0.2) is 0 Å². The molecule has 0 spiro atoms. The van der Waals surface area contributed by atoms with Gasteiger partial charge in [-0.2, -0.15) is 0 Å². The third-order valence-electron chi connectivity index (χ3n) is 3.46. The molecule has 1 fully saturated rings. The van der Waals surface area contributed by atoms with Crippen LogP contribution in [0.1, 0.15) is 36.0 Å². The average Bonchev–Trinajstić information content (AvgIpc) is 2.63. The van der Waals surface area contributed by atoms with Crippen LogP contribution >= 0.6 is 0 Å². The average molecular weight is 249 g/mol. The molecule has 0 saturated carbocycles. The largest absolute Gasteiger partial charge is 0.367 e. The second kappa shape index (κ2) is 5.82. The van der Waals surface area contributed by atoms with Crippen molar-refractivity contribution in [2.24, 2.45) is 5.73 Å². The summed E-state index contributed by atoms with van der Waals surface area (Å²) >= 11 is 0. The van der Waals surface area contributed by atoms with Crippen molar-refractivity contribution in [2.75, 3.05) is 13.1 Å². The van der Waals surface area contributed by atoms with Crippen molar-refractivity contribution in [3.63, 3.8) is 0 Å². The van der Waals surface area contributed by atoms with E-state index in [1.165, 1.54) is 18.5 Å². The van der Waals surface area contributed by atoms with Crippen molar-refractivity contribution >= 4 is 5.91 Å². The van der Waals surface area contributed by atoms with E-state index in [4.69, 9.17) is 5.73 Å². The number of amides is 1. The van der Waals surface area contributed by atoms with Crippen molar-refractivity contribution in [1.29, 1.82) is 0 Å². The molecule has 1 unspecified atom stereocenters. The van der Waals surface area contributed by atoms with Crippen molar-refractivity contribution in [3.05, 3.63) is 34.2 Å². The minimum atomic E-state index is -0.237. The topological polar surface area (TPSA) is 79.2 Å². The first-order valence-corrected chi connectivity index (χ1v) is 6.42. The first kappa shape index (κ1) is 12.8. The van der Waals surface area contributed by atoms with Crippen LogP contribution in [0.4, 0.5) is 0 Å². The maximum atomic E-state index is 12.4.